The number of rotatable bonds is 52. The molecule has 0 aliphatic heterocycles. The molecule has 0 fully saturated rings. The minimum atomic E-state index is -0.838. The summed E-state index contributed by atoms with van der Waals surface area (Å²) < 4.78 is 0. The van der Waals surface area contributed by atoms with Gasteiger partial charge in [0.05, 0.1) is 18.8 Å². The highest BCUT2D eigenvalue weighted by atomic mass is 16.3. The maximum atomic E-state index is 12.5. The lowest BCUT2D eigenvalue weighted by Crippen LogP contribution is -2.45. The van der Waals surface area contributed by atoms with E-state index in [9.17, 15) is 15.0 Å². The van der Waals surface area contributed by atoms with Crippen LogP contribution in [0.25, 0.3) is 0 Å². The van der Waals surface area contributed by atoms with Gasteiger partial charge in [0.2, 0.25) is 5.91 Å². The van der Waals surface area contributed by atoms with Gasteiger partial charge >= 0.3 is 0 Å². The van der Waals surface area contributed by atoms with E-state index >= 15 is 0 Å². The monoisotopic (exact) mass is 858 g/mol. The van der Waals surface area contributed by atoms with Crippen LogP contribution in [-0.4, -0.2) is 34.9 Å². The van der Waals surface area contributed by atoms with Crippen molar-refractivity contribution in [1.82, 2.24) is 5.32 Å². The number of aliphatic hydroxyl groups is 2. The summed E-state index contributed by atoms with van der Waals surface area (Å²) in [6.07, 6.45) is 70.5. The third-order valence-corrected chi connectivity index (χ3v) is 13.2. The van der Waals surface area contributed by atoms with Gasteiger partial charge in [-0.1, -0.05) is 289 Å². The fourth-order valence-electron chi connectivity index (χ4n) is 8.88. The molecule has 0 aromatic carbocycles. The number of carbonyl (C=O) groups excluding carboxylic acids is 1. The van der Waals surface area contributed by atoms with Gasteiger partial charge in [-0.05, 0) is 44.9 Å². The first kappa shape index (κ1) is 59.9. The predicted octanol–water partition coefficient (Wildman–Crippen LogP) is 18.3. The van der Waals surface area contributed by atoms with Gasteiger partial charge in [-0.25, -0.2) is 0 Å². The molecule has 61 heavy (non-hydrogen) atoms. The topological polar surface area (TPSA) is 69.6 Å². The second kappa shape index (κ2) is 53.2. The molecule has 0 spiro atoms. The molecule has 2 unspecified atom stereocenters. The molecule has 4 nitrogen and oxygen atoms in total. The highest BCUT2D eigenvalue weighted by Crippen LogP contribution is 2.17. The maximum absolute atomic E-state index is 12.5. The van der Waals surface area contributed by atoms with E-state index in [-0.39, 0.29) is 12.5 Å². The fraction of sp³-hybridized carbons (Fsp3) is 0.912. The van der Waals surface area contributed by atoms with E-state index in [1.165, 1.54) is 270 Å². The number of hydrogen-bond acceptors (Lipinski definition) is 3. The van der Waals surface area contributed by atoms with E-state index in [0.29, 0.717) is 6.42 Å². The predicted molar refractivity (Wildman–Crippen MR) is 272 cm³/mol. The van der Waals surface area contributed by atoms with Crippen LogP contribution in [0.1, 0.15) is 316 Å². The van der Waals surface area contributed by atoms with Crippen LogP contribution in [0.15, 0.2) is 24.3 Å². The van der Waals surface area contributed by atoms with Gasteiger partial charge in [0.25, 0.3) is 0 Å². The molecule has 0 aromatic heterocycles. The van der Waals surface area contributed by atoms with E-state index < -0.39 is 12.1 Å². The molecular formula is C57H111NO3. The number of amides is 1. The maximum Gasteiger partial charge on any atom is 0.220 e. The first-order chi connectivity index (χ1) is 30.2. The van der Waals surface area contributed by atoms with Crippen LogP contribution in [0.3, 0.4) is 0 Å². The standard InChI is InChI=1S/C57H111NO3/c1-3-5-7-9-11-13-15-17-19-21-23-25-26-27-28-29-30-31-32-33-35-37-39-41-43-45-47-49-51-53-57(61)58-55(54-59)56(60)52-50-48-46-44-42-40-38-36-34-24-22-20-18-16-14-12-10-8-6-4-2/h27-28,50,52,55-56,59-60H,3-26,29-49,51,53-54H2,1-2H3,(H,58,61)/b28-27-,52-50+. The molecule has 2 atom stereocenters. The molecule has 0 rings (SSSR count). The van der Waals surface area contributed by atoms with Crippen LogP contribution in [0.4, 0.5) is 0 Å². The van der Waals surface area contributed by atoms with Crippen molar-refractivity contribution in [3.63, 3.8) is 0 Å². The molecule has 0 aliphatic rings. The Morgan fingerprint density at radius 1 is 0.377 bits per heavy atom. The van der Waals surface area contributed by atoms with Crippen LogP contribution >= 0.6 is 0 Å². The molecule has 1 amide bonds. The van der Waals surface area contributed by atoms with Crippen molar-refractivity contribution in [3.05, 3.63) is 24.3 Å². The van der Waals surface area contributed by atoms with Gasteiger partial charge in [0.1, 0.15) is 0 Å². The van der Waals surface area contributed by atoms with E-state index in [1.54, 1.807) is 6.08 Å². The van der Waals surface area contributed by atoms with Gasteiger partial charge in [-0.2, -0.15) is 0 Å². The number of aliphatic hydroxyl groups excluding tert-OH is 2. The summed E-state index contributed by atoms with van der Waals surface area (Å²) in [4.78, 5) is 12.5. The van der Waals surface area contributed by atoms with Crippen LogP contribution in [0.5, 0.6) is 0 Å². The summed E-state index contributed by atoms with van der Waals surface area (Å²) >= 11 is 0. The highest BCUT2D eigenvalue weighted by molar-refractivity contribution is 5.76. The molecule has 0 saturated carbocycles. The first-order valence-electron chi connectivity index (χ1n) is 28.1. The molecule has 0 saturated heterocycles. The normalized spacial score (nSPS) is 12.9. The zero-order valence-corrected chi connectivity index (χ0v) is 41.7. The molecule has 0 radical (unpaired) electrons. The van der Waals surface area contributed by atoms with Crippen LogP contribution in [-0.2, 0) is 4.79 Å². The number of hydrogen-bond donors (Lipinski definition) is 3. The van der Waals surface area contributed by atoms with Crippen molar-refractivity contribution in [2.75, 3.05) is 6.61 Å². The number of carbonyl (C=O) groups is 1. The van der Waals surface area contributed by atoms with Crippen molar-refractivity contribution >= 4 is 5.91 Å². The molecule has 0 aliphatic carbocycles. The minimum Gasteiger partial charge on any atom is -0.394 e. The Morgan fingerprint density at radius 2 is 0.623 bits per heavy atom. The molecule has 0 bridgehead atoms. The first-order valence-corrected chi connectivity index (χ1v) is 28.1. The van der Waals surface area contributed by atoms with E-state index in [2.05, 4.69) is 31.3 Å². The third-order valence-electron chi connectivity index (χ3n) is 13.2. The second-order valence-corrected chi connectivity index (χ2v) is 19.4. The van der Waals surface area contributed by atoms with Crippen LogP contribution in [0, 0.1) is 0 Å². The Hall–Kier alpha value is -1.13. The highest BCUT2D eigenvalue weighted by Gasteiger charge is 2.18. The lowest BCUT2D eigenvalue weighted by Gasteiger charge is -2.20. The molecule has 3 N–H and O–H groups in total. The summed E-state index contributed by atoms with van der Waals surface area (Å²) in [6, 6.07) is -0.620. The van der Waals surface area contributed by atoms with Crippen molar-refractivity contribution in [2.24, 2.45) is 0 Å². The summed E-state index contributed by atoms with van der Waals surface area (Å²) in [5, 5.41) is 23.2. The Balaban J connectivity index is 3.46. The summed E-state index contributed by atoms with van der Waals surface area (Å²) in [7, 11) is 0. The largest absolute Gasteiger partial charge is 0.394 e. The molecule has 4 heteroatoms. The van der Waals surface area contributed by atoms with Crippen molar-refractivity contribution in [3.8, 4) is 0 Å². The summed E-state index contributed by atoms with van der Waals surface area (Å²) in [5.41, 5.74) is 0. The average Bonchev–Trinajstić information content (AvgIpc) is 3.26. The number of unbranched alkanes of at least 4 members (excludes halogenated alkanes) is 43. The Morgan fingerprint density at radius 3 is 0.902 bits per heavy atom. The number of allylic oxidation sites excluding steroid dienone is 3. The zero-order chi connectivity index (χ0) is 44.2. The Kier molecular flexibility index (Phi) is 52.2. The van der Waals surface area contributed by atoms with Gasteiger partial charge in [-0.15, -0.1) is 0 Å². The quantitative estimate of drug-likeness (QED) is 0.0422. The summed E-state index contributed by atoms with van der Waals surface area (Å²) in [5.74, 6) is -0.0588. The molecule has 0 heterocycles. The van der Waals surface area contributed by atoms with Gasteiger partial charge in [0.15, 0.2) is 0 Å². The van der Waals surface area contributed by atoms with Gasteiger partial charge in [0, 0.05) is 6.42 Å². The number of nitrogens with one attached hydrogen (secondary N) is 1. The van der Waals surface area contributed by atoms with E-state index in [0.717, 1.165) is 25.7 Å². The smallest absolute Gasteiger partial charge is 0.220 e. The zero-order valence-electron chi connectivity index (χ0n) is 41.7. The third kappa shape index (κ3) is 49.7. The molecular weight excluding hydrogens is 747 g/mol. The molecule has 362 valence electrons. The molecule has 0 aromatic rings. The van der Waals surface area contributed by atoms with Gasteiger partial charge in [-0.3, -0.25) is 4.79 Å². The van der Waals surface area contributed by atoms with Crippen molar-refractivity contribution in [1.29, 1.82) is 0 Å². The van der Waals surface area contributed by atoms with Crippen LogP contribution < -0.4 is 5.32 Å². The Bertz CT molecular complexity index is 886. The Labute approximate surface area is 383 Å². The van der Waals surface area contributed by atoms with Crippen molar-refractivity contribution < 1.29 is 15.0 Å². The fourth-order valence-corrected chi connectivity index (χ4v) is 8.88. The minimum absolute atomic E-state index is 0.0588. The van der Waals surface area contributed by atoms with Crippen LogP contribution in [0.2, 0.25) is 0 Å². The summed E-state index contributed by atoms with van der Waals surface area (Å²) in [6.45, 7) is 4.35. The van der Waals surface area contributed by atoms with Crippen molar-refractivity contribution in [2.45, 2.75) is 328 Å². The average molecular weight is 859 g/mol. The van der Waals surface area contributed by atoms with Gasteiger partial charge < -0.3 is 15.5 Å². The second-order valence-electron chi connectivity index (χ2n) is 19.4. The SMILES string of the molecule is CCCCCCCCCCCCCC/C=C\CCCCCCCCCCCCCCCC(=O)NC(CO)C(O)/C=C/CCCCCCCCCCCCCCCCCCCC. The lowest BCUT2D eigenvalue weighted by molar-refractivity contribution is -0.123. The van der Waals surface area contributed by atoms with E-state index in [1.807, 2.05) is 6.08 Å². The van der Waals surface area contributed by atoms with E-state index in [4.69, 9.17) is 0 Å². The lowest BCUT2D eigenvalue weighted by atomic mass is 10.0.